The SMILES string of the molecule is COC(=O)CC1C(=O)NCCN1C(=O)c1cccc(NC(=O)C2CCCO2)c1. The van der Waals surface area contributed by atoms with E-state index in [1.807, 2.05) is 0 Å². The first-order chi connectivity index (χ1) is 13.5. The molecule has 3 amide bonds. The third-order valence-electron chi connectivity index (χ3n) is 4.78. The average Bonchev–Trinajstić information content (AvgIpc) is 3.24. The quantitative estimate of drug-likeness (QED) is 0.701. The number of hydrogen-bond donors (Lipinski definition) is 2. The number of carbonyl (C=O) groups excluding carboxylic acids is 4. The Hall–Kier alpha value is -2.94. The van der Waals surface area contributed by atoms with E-state index in [9.17, 15) is 19.2 Å². The van der Waals surface area contributed by atoms with Gasteiger partial charge in [0.1, 0.15) is 12.1 Å². The second-order valence-electron chi connectivity index (χ2n) is 6.66. The van der Waals surface area contributed by atoms with Crippen molar-refractivity contribution in [1.82, 2.24) is 10.2 Å². The fraction of sp³-hybridized carbons (Fsp3) is 0.474. The lowest BCUT2D eigenvalue weighted by Gasteiger charge is -2.34. The number of carbonyl (C=O) groups is 4. The number of esters is 1. The number of anilines is 1. The maximum atomic E-state index is 13.0. The van der Waals surface area contributed by atoms with Crippen molar-refractivity contribution in [2.45, 2.75) is 31.4 Å². The number of amides is 3. The molecule has 2 aliphatic heterocycles. The average molecular weight is 389 g/mol. The summed E-state index contributed by atoms with van der Waals surface area (Å²) in [7, 11) is 1.23. The van der Waals surface area contributed by atoms with Gasteiger partial charge in [-0.05, 0) is 31.0 Å². The van der Waals surface area contributed by atoms with Gasteiger partial charge in [0.2, 0.25) is 5.91 Å². The van der Waals surface area contributed by atoms with Crippen LogP contribution in [0, 0.1) is 0 Å². The number of benzene rings is 1. The molecule has 0 radical (unpaired) electrons. The second-order valence-corrected chi connectivity index (χ2v) is 6.66. The summed E-state index contributed by atoms with van der Waals surface area (Å²) in [4.78, 5) is 50.3. The maximum absolute atomic E-state index is 13.0. The summed E-state index contributed by atoms with van der Waals surface area (Å²) >= 11 is 0. The Morgan fingerprint density at radius 1 is 1.36 bits per heavy atom. The largest absolute Gasteiger partial charge is 0.469 e. The van der Waals surface area contributed by atoms with E-state index < -0.39 is 29.9 Å². The fourth-order valence-electron chi connectivity index (χ4n) is 3.30. The van der Waals surface area contributed by atoms with Crippen LogP contribution >= 0.6 is 0 Å². The van der Waals surface area contributed by atoms with E-state index in [1.165, 1.54) is 12.0 Å². The molecule has 150 valence electrons. The van der Waals surface area contributed by atoms with Crippen LogP contribution in [0.25, 0.3) is 0 Å². The van der Waals surface area contributed by atoms with E-state index in [2.05, 4.69) is 15.4 Å². The highest BCUT2D eigenvalue weighted by Crippen LogP contribution is 2.19. The minimum atomic E-state index is -0.932. The molecule has 0 aromatic heterocycles. The topological polar surface area (TPSA) is 114 Å². The summed E-state index contributed by atoms with van der Waals surface area (Å²) in [6.07, 6.45) is 0.816. The molecule has 0 spiro atoms. The molecule has 3 rings (SSSR count). The van der Waals surface area contributed by atoms with Gasteiger partial charge in [-0.25, -0.2) is 0 Å². The second kappa shape index (κ2) is 8.83. The van der Waals surface area contributed by atoms with E-state index in [1.54, 1.807) is 24.3 Å². The Bertz CT molecular complexity index is 775. The predicted molar refractivity (Wildman–Crippen MR) is 98.5 cm³/mol. The zero-order chi connectivity index (χ0) is 20.1. The van der Waals surface area contributed by atoms with Gasteiger partial charge in [0.25, 0.3) is 11.8 Å². The summed E-state index contributed by atoms with van der Waals surface area (Å²) in [6.45, 7) is 1.14. The smallest absolute Gasteiger partial charge is 0.308 e. The molecule has 28 heavy (non-hydrogen) atoms. The van der Waals surface area contributed by atoms with Crippen LogP contribution in [-0.2, 0) is 23.9 Å². The van der Waals surface area contributed by atoms with Crippen LogP contribution < -0.4 is 10.6 Å². The van der Waals surface area contributed by atoms with Gasteiger partial charge in [0, 0.05) is 30.9 Å². The van der Waals surface area contributed by atoms with Gasteiger partial charge in [-0.2, -0.15) is 0 Å². The van der Waals surface area contributed by atoms with Gasteiger partial charge in [-0.3, -0.25) is 19.2 Å². The molecule has 2 fully saturated rings. The first-order valence-corrected chi connectivity index (χ1v) is 9.17. The van der Waals surface area contributed by atoms with Gasteiger partial charge in [0.15, 0.2) is 0 Å². The molecule has 2 atom stereocenters. The zero-order valence-electron chi connectivity index (χ0n) is 15.6. The Morgan fingerprint density at radius 3 is 2.89 bits per heavy atom. The molecule has 2 saturated heterocycles. The van der Waals surface area contributed by atoms with Crippen molar-refractivity contribution in [1.29, 1.82) is 0 Å². The summed E-state index contributed by atoms with van der Waals surface area (Å²) in [5.41, 5.74) is 0.784. The number of piperazine rings is 1. The summed E-state index contributed by atoms with van der Waals surface area (Å²) < 4.78 is 9.99. The molecule has 0 saturated carbocycles. The lowest BCUT2D eigenvalue weighted by atomic mass is 10.1. The number of nitrogens with one attached hydrogen (secondary N) is 2. The van der Waals surface area contributed by atoms with Crippen LogP contribution in [-0.4, -0.2) is 67.5 Å². The van der Waals surface area contributed by atoms with E-state index in [0.29, 0.717) is 30.8 Å². The molecular formula is C19H23N3O6. The lowest BCUT2D eigenvalue weighted by molar-refractivity contribution is -0.145. The summed E-state index contributed by atoms with van der Waals surface area (Å²) in [5.74, 6) is -1.61. The molecule has 1 aromatic carbocycles. The number of hydrogen-bond acceptors (Lipinski definition) is 6. The van der Waals surface area contributed by atoms with Crippen LogP contribution in [0.1, 0.15) is 29.6 Å². The molecule has 9 heteroatoms. The third-order valence-corrected chi connectivity index (χ3v) is 4.78. The summed E-state index contributed by atoms with van der Waals surface area (Å²) in [6, 6.07) is 5.55. The normalized spacial score (nSPS) is 21.8. The van der Waals surface area contributed by atoms with E-state index in [0.717, 1.165) is 6.42 Å². The highest BCUT2D eigenvalue weighted by atomic mass is 16.5. The van der Waals surface area contributed by atoms with E-state index in [-0.39, 0.29) is 18.9 Å². The van der Waals surface area contributed by atoms with E-state index in [4.69, 9.17) is 4.74 Å². The Morgan fingerprint density at radius 2 is 2.18 bits per heavy atom. The monoisotopic (exact) mass is 389 g/mol. The van der Waals surface area contributed by atoms with Crippen LogP contribution in [0.2, 0.25) is 0 Å². The van der Waals surface area contributed by atoms with Crippen molar-refractivity contribution in [3.63, 3.8) is 0 Å². The van der Waals surface area contributed by atoms with Gasteiger partial charge in [-0.15, -0.1) is 0 Å². The van der Waals surface area contributed by atoms with Crippen molar-refractivity contribution < 1.29 is 28.7 Å². The molecular weight excluding hydrogens is 366 g/mol. The predicted octanol–water partition coefficient (Wildman–Crippen LogP) is 0.308. The number of rotatable bonds is 5. The lowest BCUT2D eigenvalue weighted by Crippen LogP contribution is -2.57. The molecule has 0 aliphatic carbocycles. The van der Waals surface area contributed by atoms with Crippen molar-refractivity contribution in [3.8, 4) is 0 Å². The van der Waals surface area contributed by atoms with Crippen molar-refractivity contribution in [2.75, 3.05) is 32.1 Å². The minimum absolute atomic E-state index is 0.219. The Kier molecular flexibility index (Phi) is 6.25. The number of nitrogens with zero attached hydrogens (tertiary/aromatic N) is 1. The Labute approximate surface area is 162 Å². The van der Waals surface area contributed by atoms with Crippen LogP contribution in [0.4, 0.5) is 5.69 Å². The molecule has 1 aromatic rings. The van der Waals surface area contributed by atoms with Crippen LogP contribution in [0.15, 0.2) is 24.3 Å². The van der Waals surface area contributed by atoms with Crippen molar-refractivity contribution >= 4 is 29.4 Å². The van der Waals surface area contributed by atoms with E-state index >= 15 is 0 Å². The van der Waals surface area contributed by atoms with Gasteiger partial charge >= 0.3 is 5.97 Å². The summed E-state index contributed by atoms with van der Waals surface area (Å²) in [5, 5.41) is 5.41. The van der Waals surface area contributed by atoms with Crippen LogP contribution in [0.3, 0.4) is 0 Å². The van der Waals surface area contributed by atoms with Gasteiger partial charge < -0.3 is 25.0 Å². The fourth-order valence-corrected chi connectivity index (χ4v) is 3.30. The number of ether oxygens (including phenoxy) is 2. The molecule has 2 aliphatic rings. The van der Waals surface area contributed by atoms with Crippen molar-refractivity contribution in [3.05, 3.63) is 29.8 Å². The molecule has 0 bridgehead atoms. The zero-order valence-corrected chi connectivity index (χ0v) is 15.6. The van der Waals surface area contributed by atoms with Gasteiger partial charge in [0.05, 0.1) is 13.5 Å². The number of methoxy groups -OCH3 is 1. The molecule has 2 N–H and O–H groups in total. The van der Waals surface area contributed by atoms with Crippen LogP contribution in [0.5, 0.6) is 0 Å². The van der Waals surface area contributed by atoms with Gasteiger partial charge in [-0.1, -0.05) is 6.07 Å². The highest BCUT2D eigenvalue weighted by Gasteiger charge is 2.35. The standard InChI is InChI=1S/C19H23N3O6/c1-27-16(23)11-14-17(24)20-7-8-22(14)19(26)12-4-2-5-13(10-12)21-18(25)15-6-3-9-28-15/h2,4-5,10,14-15H,3,6-9,11H2,1H3,(H,20,24)(H,21,25). The first-order valence-electron chi connectivity index (χ1n) is 9.17. The van der Waals surface area contributed by atoms with Crippen molar-refractivity contribution in [2.24, 2.45) is 0 Å². The third kappa shape index (κ3) is 4.48. The molecule has 9 nitrogen and oxygen atoms in total. The minimum Gasteiger partial charge on any atom is -0.469 e. The molecule has 2 heterocycles. The molecule has 2 unspecified atom stereocenters. The first kappa shape index (κ1) is 19.8. The maximum Gasteiger partial charge on any atom is 0.308 e. The Balaban J connectivity index is 1.74. The highest BCUT2D eigenvalue weighted by molar-refractivity contribution is 6.01.